The Hall–Kier alpha value is -0.410. The highest BCUT2D eigenvalue weighted by atomic mass is 16.1. The van der Waals surface area contributed by atoms with E-state index in [0.29, 0.717) is 18.7 Å². The van der Waals surface area contributed by atoms with E-state index in [1.807, 2.05) is 0 Å². The van der Waals surface area contributed by atoms with Crippen LogP contribution in [0.1, 0.15) is 25.7 Å². The second kappa shape index (κ2) is 7.69. The summed E-state index contributed by atoms with van der Waals surface area (Å²) in [5.41, 5.74) is 5.31. The molecule has 0 amide bonds. The van der Waals surface area contributed by atoms with E-state index in [1.165, 1.54) is 0 Å². The zero-order chi connectivity index (χ0) is 8.53. The van der Waals surface area contributed by atoms with E-state index >= 15 is 0 Å². The Kier molecular flexibility index (Phi) is 7.41. The molecule has 0 heterocycles. The Morgan fingerprint density at radius 2 is 2.09 bits per heavy atom. The predicted octanol–water partition coefficient (Wildman–Crippen LogP) is 0.294. The molecule has 0 rings (SSSR count). The van der Waals surface area contributed by atoms with Crippen molar-refractivity contribution >= 4 is 5.78 Å². The second-order valence-corrected chi connectivity index (χ2v) is 2.67. The van der Waals surface area contributed by atoms with Gasteiger partial charge in [-0.2, -0.15) is 0 Å². The quantitative estimate of drug-likeness (QED) is 0.524. The van der Waals surface area contributed by atoms with E-state index in [0.717, 1.165) is 25.8 Å². The van der Waals surface area contributed by atoms with Gasteiger partial charge in [-0.05, 0) is 26.4 Å². The SMILES string of the molecule is CNCC(=O)CCCCCN. The van der Waals surface area contributed by atoms with Gasteiger partial charge in [0, 0.05) is 6.42 Å². The van der Waals surface area contributed by atoms with Crippen LogP contribution in [0.25, 0.3) is 0 Å². The molecule has 0 unspecified atom stereocenters. The lowest BCUT2D eigenvalue weighted by molar-refractivity contribution is -0.118. The first-order valence-electron chi connectivity index (χ1n) is 4.17. The summed E-state index contributed by atoms with van der Waals surface area (Å²) in [7, 11) is 1.79. The normalized spacial score (nSPS) is 10.0. The van der Waals surface area contributed by atoms with Gasteiger partial charge in [-0.25, -0.2) is 0 Å². The summed E-state index contributed by atoms with van der Waals surface area (Å²) in [4.78, 5) is 10.9. The maximum Gasteiger partial charge on any atom is 0.146 e. The van der Waals surface area contributed by atoms with Gasteiger partial charge in [0.25, 0.3) is 0 Å². The number of carbonyl (C=O) groups excluding carboxylic acids is 1. The fourth-order valence-corrected chi connectivity index (χ4v) is 0.929. The molecule has 0 aromatic heterocycles. The fourth-order valence-electron chi connectivity index (χ4n) is 0.929. The summed E-state index contributed by atoms with van der Waals surface area (Å²) in [5, 5.41) is 2.83. The van der Waals surface area contributed by atoms with E-state index in [-0.39, 0.29) is 0 Å². The Morgan fingerprint density at radius 1 is 1.36 bits per heavy atom. The van der Waals surface area contributed by atoms with Crippen LogP contribution in [0.2, 0.25) is 0 Å². The van der Waals surface area contributed by atoms with Crippen LogP contribution < -0.4 is 11.1 Å². The minimum Gasteiger partial charge on any atom is -0.330 e. The summed E-state index contributed by atoms with van der Waals surface area (Å²) >= 11 is 0. The van der Waals surface area contributed by atoms with Gasteiger partial charge in [-0.3, -0.25) is 4.79 Å². The molecule has 0 saturated heterocycles. The van der Waals surface area contributed by atoms with Gasteiger partial charge in [0.1, 0.15) is 5.78 Å². The van der Waals surface area contributed by atoms with Crippen molar-refractivity contribution < 1.29 is 4.79 Å². The average Bonchev–Trinajstić information content (AvgIpc) is 1.99. The lowest BCUT2D eigenvalue weighted by Gasteiger charge is -1.98. The topological polar surface area (TPSA) is 55.1 Å². The second-order valence-electron chi connectivity index (χ2n) is 2.67. The van der Waals surface area contributed by atoms with Crippen molar-refractivity contribution in [3.05, 3.63) is 0 Å². The fraction of sp³-hybridized carbons (Fsp3) is 0.875. The van der Waals surface area contributed by atoms with Crippen LogP contribution in [0, 0.1) is 0 Å². The van der Waals surface area contributed by atoms with Gasteiger partial charge in [0.15, 0.2) is 0 Å². The van der Waals surface area contributed by atoms with Crippen molar-refractivity contribution in [1.29, 1.82) is 0 Å². The Balaban J connectivity index is 3.04. The molecule has 0 radical (unpaired) electrons. The molecule has 3 heteroatoms. The minimum atomic E-state index is 0.296. The van der Waals surface area contributed by atoms with Gasteiger partial charge in [-0.1, -0.05) is 6.42 Å². The predicted molar refractivity (Wildman–Crippen MR) is 46.5 cm³/mol. The van der Waals surface area contributed by atoms with Crippen LogP contribution in [0.5, 0.6) is 0 Å². The first kappa shape index (κ1) is 10.6. The van der Waals surface area contributed by atoms with Crippen molar-refractivity contribution in [2.24, 2.45) is 5.73 Å². The minimum absolute atomic E-state index is 0.296. The number of hydrogen-bond donors (Lipinski definition) is 2. The van der Waals surface area contributed by atoms with Gasteiger partial charge >= 0.3 is 0 Å². The maximum atomic E-state index is 10.9. The summed E-state index contributed by atoms with van der Waals surface area (Å²) in [6.07, 6.45) is 3.79. The van der Waals surface area contributed by atoms with Crippen molar-refractivity contribution in [3.63, 3.8) is 0 Å². The molecule has 0 aliphatic heterocycles. The third-order valence-corrected chi connectivity index (χ3v) is 1.53. The number of rotatable bonds is 7. The molecule has 0 aliphatic rings. The Labute approximate surface area is 68.3 Å². The summed E-state index contributed by atoms with van der Waals surface area (Å²) in [6.45, 7) is 1.24. The summed E-state index contributed by atoms with van der Waals surface area (Å²) in [5.74, 6) is 0.296. The van der Waals surface area contributed by atoms with E-state index in [4.69, 9.17) is 5.73 Å². The molecule has 0 aliphatic carbocycles. The molecular formula is C8H18N2O. The third-order valence-electron chi connectivity index (χ3n) is 1.53. The van der Waals surface area contributed by atoms with Crippen molar-refractivity contribution in [3.8, 4) is 0 Å². The maximum absolute atomic E-state index is 10.9. The lowest BCUT2D eigenvalue weighted by Crippen LogP contribution is -2.18. The smallest absolute Gasteiger partial charge is 0.146 e. The molecule has 3 nitrogen and oxygen atoms in total. The van der Waals surface area contributed by atoms with Gasteiger partial charge in [0.2, 0.25) is 0 Å². The van der Waals surface area contributed by atoms with Crippen LogP contribution in [0.4, 0.5) is 0 Å². The number of carbonyl (C=O) groups is 1. The third kappa shape index (κ3) is 7.49. The average molecular weight is 158 g/mol. The number of hydrogen-bond acceptors (Lipinski definition) is 3. The first-order valence-corrected chi connectivity index (χ1v) is 4.17. The Morgan fingerprint density at radius 3 is 2.64 bits per heavy atom. The molecule has 11 heavy (non-hydrogen) atoms. The zero-order valence-electron chi connectivity index (χ0n) is 7.23. The number of nitrogens with one attached hydrogen (secondary N) is 1. The van der Waals surface area contributed by atoms with E-state index in [2.05, 4.69) is 5.32 Å². The highest BCUT2D eigenvalue weighted by molar-refractivity contribution is 5.80. The largest absolute Gasteiger partial charge is 0.330 e. The van der Waals surface area contributed by atoms with Crippen molar-refractivity contribution in [1.82, 2.24) is 5.32 Å². The number of Topliss-reactive ketones (excluding diaryl/α,β-unsaturated/α-hetero) is 1. The van der Waals surface area contributed by atoms with Crippen LogP contribution in [0.3, 0.4) is 0 Å². The molecule has 0 spiro atoms. The van der Waals surface area contributed by atoms with Gasteiger partial charge in [0.05, 0.1) is 6.54 Å². The number of nitrogens with two attached hydrogens (primary N) is 1. The molecule has 3 N–H and O–H groups in total. The number of unbranched alkanes of at least 4 members (excludes halogenated alkanes) is 2. The van der Waals surface area contributed by atoms with Gasteiger partial charge in [-0.15, -0.1) is 0 Å². The molecule has 0 aromatic carbocycles. The zero-order valence-corrected chi connectivity index (χ0v) is 7.23. The van der Waals surface area contributed by atoms with Gasteiger partial charge < -0.3 is 11.1 Å². The molecule has 0 fully saturated rings. The lowest BCUT2D eigenvalue weighted by atomic mass is 10.1. The van der Waals surface area contributed by atoms with Crippen molar-refractivity contribution in [2.45, 2.75) is 25.7 Å². The van der Waals surface area contributed by atoms with Crippen molar-refractivity contribution in [2.75, 3.05) is 20.1 Å². The highest BCUT2D eigenvalue weighted by Gasteiger charge is 1.98. The Bertz CT molecular complexity index is 104. The summed E-state index contributed by atoms with van der Waals surface area (Å²) in [6, 6.07) is 0. The monoisotopic (exact) mass is 158 g/mol. The van der Waals surface area contributed by atoms with Crippen LogP contribution >= 0.6 is 0 Å². The molecule has 0 aromatic rings. The molecule has 66 valence electrons. The number of ketones is 1. The van der Waals surface area contributed by atoms with Crippen LogP contribution in [0.15, 0.2) is 0 Å². The number of likely N-dealkylation sites (N-methyl/N-ethyl adjacent to an activating group) is 1. The van der Waals surface area contributed by atoms with Crippen LogP contribution in [-0.2, 0) is 4.79 Å². The molecule has 0 saturated carbocycles. The molecule has 0 atom stereocenters. The summed E-state index contributed by atoms with van der Waals surface area (Å²) < 4.78 is 0. The first-order chi connectivity index (χ1) is 5.31. The van der Waals surface area contributed by atoms with E-state index in [1.54, 1.807) is 7.05 Å². The standard InChI is InChI=1S/C8H18N2O/c1-10-7-8(11)5-3-2-4-6-9/h10H,2-7,9H2,1H3. The molecule has 0 bridgehead atoms. The molecular weight excluding hydrogens is 140 g/mol. The highest BCUT2D eigenvalue weighted by Crippen LogP contribution is 1.98. The van der Waals surface area contributed by atoms with E-state index in [9.17, 15) is 4.79 Å². The van der Waals surface area contributed by atoms with Crippen LogP contribution in [-0.4, -0.2) is 25.9 Å². The van der Waals surface area contributed by atoms with E-state index < -0.39 is 0 Å².